The fourth-order valence-corrected chi connectivity index (χ4v) is 5.48. The number of ether oxygens (including phenoxy) is 10. The van der Waals surface area contributed by atoms with Gasteiger partial charge in [0.25, 0.3) is 20.2 Å². The van der Waals surface area contributed by atoms with Gasteiger partial charge in [0.1, 0.15) is 13.2 Å². The summed E-state index contributed by atoms with van der Waals surface area (Å²) in [5.74, 6) is 0.717. The molecular formula is C34H57KO16S2. The van der Waals surface area contributed by atoms with Crippen molar-refractivity contribution in [3.8, 4) is 11.5 Å². The van der Waals surface area contributed by atoms with Crippen molar-refractivity contribution in [2.75, 3.05) is 130 Å². The normalized spacial score (nSPS) is 11.9. The van der Waals surface area contributed by atoms with Crippen molar-refractivity contribution in [1.29, 1.82) is 0 Å². The second kappa shape index (κ2) is 32.5. The molecule has 2 aromatic rings. The van der Waals surface area contributed by atoms with Crippen molar-refractivity contribution in [3.05, 3.63) is 36.4 Å². The van der Waals surface area contributed by atoms with E-state index in [2.05, 4.69) is 0 Å². The van der Waals surface area contributed by atoms with Crippen LogP contribution in [0.5, 0.6) is 11.5 Å². The van der Waals surface area contributed by atoms with E-state index in [1.807, 2.05) is 36.4 Å². The van der Waals surface area contributed by atoms with Crippen molar-refractivity contribution >= 4 is 82.4 Å². The summed E-state index contributed by atoms with van der Waals surface area (Å²) in [4.78, 5) is 0. The molecule has 0 bridgehead atoms. The fourth-order valence-electron chi connectivity index (χ4n) is 4.35. The zero-order chi connectivity index (χ0) is 37.6. The molecule has 0 heterocycles. The van der Waals surface area contributed by atoms with Crippen LogP contribution < -0.4 is 9.47 Å². The van der Waals surface area contributed by atoms with Gasteiger partial charge in [-0.3, -0.25) is 9.11 Å². The molecule has 0 unspecified atom stereocenters. The number of hydrogen-bond donors (Lipinski definition) is 2. The van der Waals surface area contributed by atoms with Gasteiger partial charge in [0.05, 0.1) is 104 Å². The van der Waals surface area contributed by atoms with Gasteiger partial charge in [-0.2, -0.15) is 16.8 Å². The Morgan fingerprint density at radius 3 is 0.943 bits per heavy atom. The molecule has 0 fully saturated rings. The van der Waals surface area contributed by atoms with Gasteiger partial charge in [-0.25, -0.2) is 0 Å². The van der Waals surface area contributed by atoms with E-state index in [1.165, 1.54) is 0 Å². The van der Waals surface area contributed by atoms with Gasteiger partial charge in [0, 0.05) is 13.2 Å². The Morgan fingerprint density at radius 2 is 0.660 bits per heavy atom. The topological polar surface area (TPSA) is 201 Å². The average molecular weight is 825 g/mol. The van der Waals surface area contributed by atoms with E-state index in [0.717, 1.165) is 10.8 Å². The molecule has 0 saturated heterocycles. The molecule has 0 aliphatic carbocycles. The van der Waals surface area contributed by atoms with Gasteiger partial charge in [0.2, 0.25) is 0 Å². The third kappa shape index (κ3) is 30.3. The van der Waals surface area contributed by atoms with Gasteiger partial charge in [-0.15, -0.1) is 0 Å². The molecule has 0 spiro atoms. The van der Waals surface area contributed by atoms with Crippen LogP contribution in [0.2, 0.25) is 0 Å². The molecule has 0 aliphatic heterocycles. The molecule has 0 atom stereocenters. The predicted octanol–water partition coefficient (Wildman–Crippen LogP) is 2.42. The van der Waals surface area contributed by atoms with E-state index >= 15 is 0 Å². The molecule has 0 saturated carbocycles. The van der Waals surface area contributed by atoms with E-state index in [4.69, 9.17) is 56.5 Å². The molecule has 2 N–H and O–H groups in total. The van der Waals surface area contributed by atoms with Gasteiger partial charge in [-0.05, 0) is 48.6 Å². The van der Waals surface area contributed by atoms with Crippen LogP contribution >= 0.6 is 0 Å². The van der Waals surface area contributed by atoms with Gasteiger partial charge >= 0.3 is 51.4 Å². The zero-order valence-electron chi connectivity index (χ0n) is 29.9. The maximum atomic E-state index is 10.6. The van der Waals surface area contributed by atoms with Crippen molar-refractivity contribution in [2.45, 2.75) is 25.7 Å². The first-order valence-corrected chi connectivity index (χ1v) is 20.7. The quantitative estimate of drug-likeness (QED) is 0.0576. The van der Waals surface area contributed by atoms with Gasteiger partial charge in [-0.1, -0.05) is 24.3 Å². The summed E-state index contributed by atoms with van der Waals surface area (Å²) < 4.78 is 116. The third-order valence-corrected chi connectivity index (χ3v) is 8.51. The minimum atomic E-state index is -3.91. The van der Waals surface area contributed by atoms with E-state index in [-0.39, 0.29) is 62.9 Å². The molecule has 0 aromatic heterocycles. The van der Waals surface area contributed by atoms with Crippen LogP contribution in [0.25, 0.3) is 10.8 Å². The van der Waals surface area contributed by atoms with Crippen molar-refractivity contribution in [3.63, 3.8) is 0 Å². The number of benzene rings is 2. The van der Waals surface area contributed by atoms with Crippen molar-refractivity contribution < 1.29 is 73.3 Å². The van der Waals surface area contributed by atoms with E-state index in [0.29, 0.717) is 156 Å². The van der Waals surface area contributed by atoms with Crippen LogP contribution in [0.15, 0.2) is 36.4 Å². The first kappa shape index (κ1) is 50.5. The SMILES string of the molecule is O=S(=O)(O)CCCCOCCOCCOCCOCCOc1cc2ccccc2cc1OCCOCCOCCOCCOCCCCS(=O)(=O)O.[KH]. The monoisotopic (exact) mass is 824 g/mol. The minimum absolute atomic E-state index is 0. The summed E-state index contributed by atoms with van der Waals surface area (Å²) in [5.41, 5.74) is 0. The van der Waals surface area contributed by atoms with Gasteiger partial charge in [0.15, 0.2) is 11.5 Å². The molecule has 2 rings (SSSR count). The summed E-state index contributed by atoms with van der Waals surface area (Å²) in [6.07, 6.45) is 1.81. The first-order valence-electron chi connectivity index (χ1n) is 17.4. The summed E-state index contributed by atoms with van der Waals surface area (Å²) >= 11 is 0. The summed E-state index contributed by atoms with van der Waals surface area (Å²) in [6, 6.07) is 11.8. The summed E-state index contributed by atoms with van der Waals surface area (Å²) in [5, 5.41) is 2.06. The van der Waals surface area contributed by atoms with Crippen LogP contribution in [0.1, 0.15) is 25.7 Å². The van der Waals surface area contributed by atoms with Crippen LogP contribution in [-0.2, 0) is 58.1 Å². The molecule has 0 radical (unpaired) electrons. The molecule has 0 aliphatic rings. The number of fused-ring (bicyclic) bond motifs is 1. The number of unbranched alkanes of at least 4 members (excludes halogenated alkanes) is 2. The number of rotatable bonds is 36. The van der Waals surface area contributed by atoms with E-state index < -0.39 is 20.2 Å². The van der Waals surface area contributed by atoms with E-state index in [1.54, 1.807) is 0 Å². The summed E-state index contributed by atoms with van der Waals surface area (Å²) in [7, 11) is -7.82. The second-order valence-corrected chi connectivity index (χ2v) is 14.4. The Hall–Kier alpha value is -0.564. The Labute approximate surface area is 356 Å². The molecule has 2 aromatic carbocycles. The second-order valence-electron chi connectivity index (χ2n) is 11.2. The molecule has 16 nitrogen and oxygen atoms in total. The number of hydrogen-bond acceptors (Lipinski definition) is 14. The molecular weight excluding hydrogens is 768 g/mol. The fraction of sp³-hybridized carbons (Fsp3) is 0.706. The Kier molecular flexibility index (Phi) is 31.0. The molecule has 53 heavy (non-hydrogen) atoms. The molecule has 19 heteroatoms. The Balaban J connectivity index is 0.0000140. The van der Waals surface area contributed by atoms with Crippen LogP contribution in [0, 0.1) is 0 Å². The Morgan fingerprint density at radius 1 is 0.396 bits per heavy atom. The summed E-state index contributed by atoms with van der Waals surface area (Å²) in [6.45, 7) is 7.17. The molecule has 302 valence electrons. The molecule has 0 amide bonds. The van der Waals surface area contributed by atoms with E-state index in [9.17, 15) is 16.8 Å². The van der Waals surface area contributed by atoms with Crippen LogP contribution in [-0.4, -0.2) is 208 Å². The third-order valence-electron chi connectivity index (χ3n) is 6.90. The predicted molar refractivity (Wildman–Crippen MR) is 200 cm³/mol. The van der Waals surface area contributed by atoms with Crippen LogP contribution in [0.3, 0.4) is 0 Å². The van der Waals surface area contributed by atoms with Crippen molar-refractivity contribution in [2.24, 2.45) is 0 Å². The van der Waals surface area contributed by atoms with Gasteiger partial charge < -0.3 is 47.4 Å². The maximum absolute atomic E-state index is 10.6. The first-order chi connectivity index (χ1) is 25.1. The standard InChI is InChI=1S/C34H56O16S2.K.H/c35-51(36,37)27-5-3-9-41-11-13-43-15-17-45-19-21-47-23-25-49-33-29-31-7-1-2-8-32(31)30-34(33)50-26-24-48-22-20-46-18-16-44-14-12-42-10-4-6-28-52(38,39)40;;/h1-2,7-8,29-30H,3-6,9-28H2,(H,35,36,37)(H,38,39,40);;. The van der Waals surface area contributed by atoms with Crippen molar-refractivity contribution in [1.82, 2.24) is 0 Å². The van der Waals surface area contributed by atoms with Crippen LogP contribution in [0.4, 0.5) is 0 Å². The zero-order valence-corrected chi connectivity index (χ0v) is 31.5. The average Bonchev–Trinajstić information content (AvgIpc) is 3.10. The Bertz CT molecular complexity index is 1290.